The highest BCUT2D eigenvalue weighted by molar-refractivity contribution is 6.09. The maximum Gasteiger partial charge on any atom is 0.256 e. The standard InChI is InChI=1S/C17H18N4O.ClH/c1-11-13(19-10-18-11)9-21-8-7-15-16(17(21)22)12-5-3-4-6-14(12)20(15)2;/h3-6,10H,7-9H2,1-2H3,(H,18,19);1H/i2D3;. The summed E-state index contributed by atoms with van der Waals surface area (Å²) in [5, 5.41) is 0.696. The number of benzene rings is 1. The molecule has 1 N–H and O–H groups in total. The Hall–Kier alpha value is -2.27. The Labute approximate surface area is 144 Å². The summed E-state index contributed by atoms with van der Waals surface area (Å²) in [4.78, 5) is 22.1. The van der Waals surface area contributed by atoms with Crippen molar-refractivity contribution < 1.29 is 8.91 Å². The van der Waals surface area contributed by atoms with Crippen molar-refractivity contribution in [1.29, 1.82) is 0 Å². The van der Waals surface area contributed by atoms with Gasteiger partial charge in [-0.15, -0.1) is 12.4 Å². The lowest BCUT2D eigenvalue weighted by Gasteiger charge is -2.27. The maximum absolute atomic E-state index is 13.1. The quantitative estimate of drug-likeness (QED) is 0.784. The Morgan fingerprint density at radius 1 is 1.39 bits per heavy atom. The molecular formula is C17H19ClN4O. The number of H-pyrrole nitrogens is 1. The number of nitrogens with one attached hydrogen (secondary N) is 1. The Balaban J connectivity index is 0.00000196. The van der Waals surface area contributed by atoms with E-state index in [9.17, 15) is 4.79 Å². The van der Waals surface area contributed by atoms with E-state index >= 15 is 0 Å². The number of amides is 1. The lowest BCUT2D eigenvalue weighted by molar-refractivity contribution is 0.0725. The van der Waals surface area contributed by atoms with Gasteiger partial charge in [0.05, 0.1) is 24.1 Å². The van der Waals surface area contributed by atoms with Gasteiger partial charge in [-0.2, -0.15) is 0 Å². The number of carbonyl (C=O) groups is 1. The zero-order valence-electron chi connectivity index (χ0n) is 15.7. The molecule has 0 fully saturated rings. The summed E-state index contributed by atoms with van der Waals surface area (Å²) in [6.45, 7) is 0.503. The summed E-state index contributed by atoms with van der Waals surface area (Å²) >= 11 is 0. The van der Waals surface area contributed by atoms with E-state index in [1.807, 2.05) is 19.1 Å². The molecule has 0 aliphatic carbocycles. The number of halogens is 1. The average Bonchev–Trinajstić information content (AvgIpc) is 3.11. The number of aryl methyl sites for hydroxylation is 2. The van der Waals surface area contributed by atoms with Gasteiger partial charge in [0.2, 0.25) is 0 Å². The van der Waals surface area contributed by atoms with Crippen LogP contribution in [-0.2, 0) is 19.9 Å². The fourth-order valence-electron chi connectivity index (χ4n) is 3.15. The zero-order chi connectivity index (χ0) is 17.8. The Morgan fingerprint density at radius 3 is 2.96 bits per heavy atom. The first-order valence-corrected chi connectivity index (χ1v) is 7.29. The molecule has 120 valence electrons. The van der Waals surface area contributed by atoms with Crippen LogP contribution in [0.15, 0.2) is 30.6 Å². The SMILES string of the molecule is Cl.[2H]C([2H])([2H])n1c2c(c3ccccc31)C(=O)N(Cc1nc[nH]c1C)CC2. The van der Waals surface area contributed by atoms with Crippen molar-refractivity contribution in [3.05, 3.63) is 53.2 Å². The van der Waals surface area contributed by atoms with Gasteiger partial charge >= 0.3 is 0 Å². The van der Waals surface area contributed by atoms with E-state index in [1.54, 1.807) is 23.4 Å². The lowest BCUT2D eigenvalue weighted by Crippen LogP contribution is -2.37. The molecule has 3 heterocycles. The van der Waals surface area contributed by atoms with Crippen LogP contribution in [0.25, 0.3) is 10.9 Å². The number of aromatic nitrogens is 3. The highest BCUT2D eigenvalue weighted by Gasteiger charge is 2.30. The zero-order valence-corrected chi connectivity index (χ0v) is 13.5. The van der Waals surface area contributed by atoms with Crippen LogP contribution in [0.2, 0.25) is 0 Å². The van der Waals surface area contributed by atoms with E-state index in [0.29, 0.717) is 41.7 Å². The van der Waals surface area contributed by atoms with Crippen molar-refractivity contribution in [3.8, 4) is 0 Å². The monoisotopic (exact) mass is 333 g/mol. The smallest absolute Gasteiger partial charge is 0.256 e. The summed E-state index contributed by atoms with van der Waals surface area (Å²) in [7, 11) is 0. The first kappa shape index (κ1) is 12.2. The van der Waals surface area contributed by atoms with Crippen LogP contribution < -0.4 is 0 Å². The van der Waals surface area contributed by atoms with Gasteiger partial charge in [0.15, 0.2) is 0 Å². The Bertz CT molecular complexity index is 976. The molecule has 23 heavy (non-hydrogen) atoms. The number of aromatic amines is 1. The molecule has 0 unspecified atom stereocenters. The molecule has 3 aromatic rings. The van der Waals surface area contributed by atoms with Crippen LogP contribution in [0.5, 0.6) is 0 Å². The number of carbonyl (C=O) groups excluding carboxylic acids is 1. The summed E-state index contributed by atoms with van der Waals surface area (Å²) in [6.07, 6.45) is 2.13. The highest BCUT2D eigenvalue weighted by Crippen LogP contribution is 2.30. The van der Waals surface area contributed by atoms with Crippen LogP contribution in [-0.4, -0.2) is 31.9 Å². The second-order valence-electron chi connectivity index (χ2n) is 5.63. The summed E-state index contributed by atoms with van der Waals surface area (Å²) in [6, 6.07) is 7.20. The number of fused-ring (bicyclic) bond motifs is 3. The van der Waals surface area contributed by atoms with Crippen LogP contribution in [0.4, 0.5) is 0 Å². The largest absolute Gasteiger partial charge is 0.348 e. The van der Waals surface area contributed by atoms with Crippen molar-refractivity contribution in [1.82, 2.24) is 19.4 Å². The number of para-hydroxylation sites is 1. The first-order chi connectivity index (χ1) is 11.9. The topological polar surface area (TPSA) is 53.9 Å². The van der Waals surface area contributed by atoms with E-state index in [-0.39, 0.29) is 18.3 Å². The predicted molar refractivity (Wildman–Crippen MR) is 91.9 cm³/mol. The van der Waals surface area contributed by atoms with Gasteiger partial charge in [0.25, 0.3) is 5.91 Å². The van der Waals surface area contributed by atoms with Crippen LogP contribution in [0.1, 0.15) is 31.6 Å². The van der Waals surface area contributed by atoms with Crippen molar-refractivity contribution in [2.24, 2.45) is 6.98 Å². The Morgan fingerprint density at radius 2 is 2.22 bits per heavy atom. The third-order valence-electron chi connectivity index (χ3n) is 4.37. The minimum atomic E-state index is -2.31. The molecule has 2 aromatic heterocycles. The van der Waals surface area contributed by atoms with Gasteiger partial charge in [0.1, 0.15) is 0 Å². The van der Waals surface area contributed by atoms with E-state index in [4.69, 9.17) is 4.11 Å². The second kappa shape index (κ2) is 5.74. The molecule has 1 amide bonds. The molecule has 1 aromatic carbocycles. The fraction of sp³-hybridized carbons (Fsp3) is 0.294. The average molecular weight is 334 g/mol. The fourth-order valence-corrected chi connectivity index (χ4v) is 3.15. The third-order valence-corrected chi connectivity index (χ3v) is 4.37. The Kier molecular flexibility index (Phi) is 3.04. The molecule has 5 nitrogen and oxygen atoms in total. The van der Waals surface area contributed by atoms with Crippen LogP contribution in [0.3, 0.4) is 0 Å². The maximum atomic E-state index is 13.1. The second-order valence-corrected chi connectivity index (χ2v) is 5.63. The number of hydrogen-bond donors (Lipinski definition) is 1. The molecule has 0 radical (unpaired) electrons. The molecule has 6 heteroatoms. The number of rotatable bonds is 2. The van der Waals surface area contributed by atoms with E-state index in [2.05, 4.69) is 9.97 Å². The van der Waals surface area contributed by atoms with E-state index in [0.717, 1.165) is 11.4 Å². The molecule has 0 atom stereocenters. The molecule has 0 saturated carbocycles. The molecule has 1 aliphatic heterocycles. The van der Waals surface area contributed by atoms with Crippen molar-refractivity contribution in [2.45, 2.75) is 19.9 Å². The first-order valence-electron chi connectivity index (χ1n) is 8.79. The molecule has 0 spiro atoms. The van der Waals surface area contributed by atoms with Gasteiger partial charge < -0.3 is 14.5 Å². The normalized spacial score (nSPS) is 16.5. The highest BCUT2D eigenvalue weighted by atomic mass is 35.5. The van der Waals surface area contributed by atoms with Gasteiger partial charge in [-0.1, -0.05) is 18.2 Å². The van der Waals surface area contributed by atoms with Crippen molar-refractivity contribution >= 4 is 29.2 Å². The van der Waals surface area contributed by atoms with E-state index < -0.39 is 6.98 Å². The molecule has 0 saturated heterocycles. The molecule has 0 bridgehead atoms. The van der Waals surface area contributed by atoms with Gasteiger partial charge in [-0.25, -0.2) is 4.98 Å². The summed E-state index contributed by atoms with van der Waals surface area (Å²) in [5.74, 6) is -0.136. The molecule has 1 aliphatic rings. The number of imidazole rings is 1. The van der Waals surface area contributed by atoms with Gasteiger partial charge in [-0.05, 0) is 13.0 Å². The minimum absolute atomic E-state index is 0. The lowest BCUT2D eigenvalue weighted by atomic mass is 10.0. The van der Waals surface area contributed by atoms with Crippen LogP contribution >= 0.6 is 12.4 Å². The minimum Gasteiger partial charge on any atom is -0.348 e. The van der Waals surface area contributed by atoms with Gasteiger partial charge in [-0.3, -0.25) is 4.79 Å². The van der Waals surface area contributed by atoms with Gasteiger partial charge in [0, 0.05) is 46.3 Å². The number of nitrogens with zero attached hydrogens (tertiary/aromatic N) is 3. The van der Waals surface area contributed by atoms with Crippen LogP contribution in [0, 0.1) is 6.92 Å². The van der Waals surface area contributed by atoms with E-state index in [1.165, 1.54) is 4.57 Å². The van der Waals surface area contributed by atoms with Crippen molar-refractivity contribution in [3.63, 3.8) is 0 Å². The molecular weight excluding hydrogens is 312 g/mol. The summed E-state index contributed by atoms with van der Waals surface area (Å²) < 4.78 is 25.0. The summed E-state index contributed by atoms with van der Waals surface area (Å²) in [5.41, 5.74) is 3.45. The van der Waals surface area contributed by atoms with Crippen molar-refractivity contribution in [2.75, 3.05) is 6.54 Å². The number of hydrogen-bond acceptors (Lipinski definition) is 2. The molecule has 4 rings (SSSR count). The predicted octanol–water partition coefficient (Wildman–Crippen LogP) is 2.83. The third kappa shape index (κ3) is 2.32.